The van der Waals surface area contributed by atoms with E-state index >= 15 is 0 Å². The summed E-state index contributed by atoms with van der Waals surface area (Å²) in [7, 11) is 2.16. The number of likely N-dealkylation sites (N-methyl/N-ethyl adjacent to an activating group) is 1. The predicted molar refractivity (Wildman–Crippen MR) is 86.0 cm³/mol. The minimum atomic E-state index is 0.183. The van der Waals surface area contributed by atoms with Gasteiger partial charge in [0.25, 0.3) is 0 Å². The second-order valence-electron chi connectivity index (χ2n) is 5.79. The van der Waals surface area contributed by atoms with Gasteiger partial charge >= 0.3 is 0 Å². The molecule has 0 atom stereocenters. The molecule has 1 fully saturated rings. The monoisotopic (exact) mass is 292 g/mol. The van der Waals surface area contributed by atoms with E-state index in [1.165, 1.54) is 25.7 Å². The summed E-state index contributed by atoms with van der Waals surface area (Å²) in [5.41, 5.74) is 6.20. The molecule has 0 aliphatic heterocycles. The average molecular weight is 292 g/mol. The van der Waals surface area contributed by atoms with Gasteiger partial charge in [-0.2, -0.15) is 0 Å². The van der Waals surface area contributed by atoms with Gasteiger partial charge in [0.2, 0.25) is 0 Å². The molecule has 4 nitrogen and oxygen atoms in total. The van der Waals surface area contributed by atoms with Gasteiger partial charge in [0.15, 0.2) is 11.5 Å². The third kappa shape index (κ3) is 3.89. The van der Waals surface area contributed by atoms with Crippen molar-refractivity contribution in [1.29, 1.82) is 0 Å². The second kappa shape index (κ2) is 7.66. The maximum Gasteiger partial charge on any atom is 0.161 e. The summed E-state index contributed by atoms with van der Waals surface area (Å²) >= 11 is 0. The molecule has 4 heteroatoms. The topological polar surface area (TPSA) is 47.7 Å². The van der Waals surface area contributed by atoms with E-state index in [1.54, 1.807) is 0 Å². The molecule has 0 aromatic heterocycles. The summed E-state index contributed by atoms with van der Waals surface area (Å²) in [6.07, 6.45) is 4.98. The quantitative estimate of drug-likeness (QED) is 0.800. The van der Waals surface area contributed by atoms with Crippen LogP contribution >= 0.6 is 0 Å². The largest absolute Gasteiger partial charge is 0.490 e. The molecule has 21 heavy (non-hydrogen) atoms. The first kappa shape index (κ1) is 16.1. The molecular weight excluding hydrogens is 264 g/mol. The van der Waals surface area contributed by atoms with E-state index < -0.39 is 0 Å². The molecule has 1 aromatic carbocycles. The van der Waals surface area contributed by atoms with Crippen molar-refractivity contribution >= 4 is 0 Å². The SMILES string of the molecule is CCOc1ccccc1OCCN(C)C1(CN)CCCC1. The smallest absolute Gasteiger partial charge is 0.161 e. The van der Waals surface area contributed by atoms with E-state index in [9.17, 15) is 0 Å². The lowest BCUT2D eigenvalue weighted by atomic mass is 9.96. The van der Waals surface area contributed by atoms with E-state index in [-0.39, 0.29) is 5.54 Å². The number of hydrogen-bond donors (Lipinski definition) is 1. The third-order valence-electron chi connectivity index (χ3n) is 4.56. The normalized spacial score (nSPS) is 17.1. The molecule has 0 radical (unpaired) electrons. The summed E-state index contributed by atoms with van der Waals surface area (Å²) in [5.74, 6) is 1.64. The maximum atomic E-state index is 6.01. The van der Waals surface area contributed by atoms with E-state index in [0.29, 0.717) is 13.2 Å². The van der Waals surface area contributed by atoms with Crippen molar-refractivity contribution in [2.45, 2.75) is 38.1 Å². The van der Waals surface area contributed by atoms with Gasteiger partial charge in [0.1, 0.15) is 6.61 Å². The maximum absolute atomic E-state index is 6.01. The van der Waals surface area contributed by atoms with Crippen LogP contribution < -0.4 is 15.2 Å². The van der Waals surface area contributed by atoms with E-state index in [0.717, 1.165) is 24.6 Å². The molecule has 0 spiro atoms. The van der Waals surface area contributed by atoms with Gasteiger partial charge in [-0.15, -0.1) is 0 Å². The van der Waals surface area contributed by atoms with Crippen LogP contribution in [0.4, 0.5) is 0 Å². The molecule has 0 heterocycles. The Labute approximate surface area is 128 Å². The molecule has 0 amide bonds. The fourth-order valence-electron chi connectivity index (χ4n) is 3.15. The highest BCUT2D eigenvalue weighted by Crippen LogP contribution is 2.33. The summed E-state index contributed by atoms with van der Waals surface area (Å²) in [4.78, 5) is 2.38. The van der Waals surface area contributed by atoms with Gasteiger partial charge in [-0.25, -0.2) is 0 Å². The minimum Gasteiger partial charge on any atom is -0.490 e. The van der Waals surface area contributed by atoms with Gasteiger partial charge < -0.3 is 15.2 Å². The fourth-order valence-corrected chi connectivity index (χ4v) is 3.15. The summed E-state index contributed by atoms with van der Waals surface area (Å²) in [6, 6.07) is 7.84. The number of hydrogen-bond acceptors (Lipinski definition) is 4. The Balaban J connectivity index is 1.86. The van der Waals surface area contributed by atoms with Crippen LogP contribution in [-0.4, -0.2) is 43.8 Å². The number of para-hydroxylation sites is 2. The van der Waals surface area contributed by atoms with Crippen molar-refractivity contribution in [3.63, 3.8) is 0 Å². The zero-order chi connectivity index (χ0) is 15.1. The summed E-state index contributed by atoms with van der Waals surface area (Å²) < 4.78 is 11.5. The van der Waals surface area contributed by atoms with Crippen LogP contribution in [0.25, 0.3) is 0 Å². The minimum absolute atomic E-state index is 0.183. The zero-order valence-electron chi connectivity index (χ0n) is 13.3. The van der Waals surface area contributed by atoms with E-state index in [2.05, 4.69) is 11.9 Å². The molecule has 2 rings (SSSR count). The molecule has 1 aliphatic carbocycles. The van der Waals surface area contributed by atoms with Crippen LogP contribution in [0.1, 0.15) is 32.6 Å². The Hall–Kier alpha value is -1.26. The zero-order valence-corrected chi connectivity index (χ0v) is 13.3. The summed E-state index contributed by atoms with van der Waals surface area (Å²) in [5, 5.41) is 0. The highest BCUT2D eigenvalue weighted by atomic mass is 16.5. The lowest BCUT2D eigenvalue weighted by Crippen LogP contribution is -2.51. The Bertz CT molecular complexity index is 431. The van der Waals surface area contributed by atoms with Crippen molar-refractivity contribution in [1.82, 2.24) is 4.90 Å². The van der Waals surface area contributed by atoms with Crippen LogP contribution in [0, 0.1) is 0 Å². The molecule has 0 bridgehead atoms. The van der Waals surface area contributed by atoms with Crippen molar-refractivity contribution in [3.05, 3.63) is 24.3 Å². The first-order valence-corrected chi connectivity index (χ1v) is 7.98. The van der Waals surface area contributed by atoms with Gasteiger partial charge in [0, 0.05) is 18.6 Å². The molecule has 1 aromatic rings. The van der Waals surface area contributed by atoms with Gasteiger partial charge in [-0.1, -0.05) is 25.0 Å². The number of benzene rings is 1. The van der Waals surface area contributed by atoms with Crippen LogP contribution in [0.2, 0.25) is 0 Å². The van der Waals surface area contributed by atoms with Gasteiger partial charge in [-0.3, -0.25) is 4.90 Å². The Morgan fingerprint density at radius 2 is 1.76 bits per heavy atom. The predicted octanol–water partition coefficient (Wildman–Crippen LogP) is 2.67. The van der Waals surface area contributed by atoms with Crippen LogP contribution in [0.15, 0.2) is 24.3 Å². The molecule has 2 N–H and O–H groups in total. The molecule has 1 saturated carbocycles. The first-order chi connectivity index (χ1) is 10.2. The Kier molecular flexibility index (Phi) is 5.88. The Morgan fingerprint density at radius 3 is 2.33 bits per heavy atom. The average Bonchev–Trinajstić information content (AvgIpc) is 2.99. The number of ether oxygens (including phenoxy) is 2. The van der Waals surface area contributed by atoms with Crippen molar-refractivity contribution < 1.29 is 9.47 Å². The van der Waals surface area contributed by atoms with Crippen molar-refractivity contribution in [3.8, 4) is 11.5 Å². The number of nitrogens with two attached hydrogens (primary N) is 1. The van der Waals surface area contributed by atoms with Crippen LogP contribution in [-0.2, 0) is 0 Å². The highest BCUT2D eigenvalue weighted by molar-refractivity contribution is 5.39. The summed E-state index contributed by atoms with van der Waals surface area (Å²) in [6.45, 7) is 4.91. The molecular formula is C17H28N2O2. The lowest BCUT2D eigenvalue weighted by Gasteiger charge is -2.37. The highest BCUT2D eigenvalue weighted by Gasteiger charge is 2.35. The first-order valence-electron chi connectivity index (χ1n) is 7.98. The second-order valence-corrected chi connectivity index (χ2v) is 5.79. The lowest BCUT2D eigenvalue weighted by molar-refractivity contribution is 0.109. The molecule has 0 unspecified atom stereocenters. The number of rotatable bonds is 8. The fraction of sp³-hybridized carbons (Fsp3) is 0.647. The van der Waals surface area contributed by atoms with Gasteiger partial charge in [-0.05, 0) is 38.9 Å². The Morgan fingerprint density at radius 1 is 1.14 bits per heavy atom. The van der Waals surface area contributed by atoms with Crippen LogP contribution in [0.5, 0.6) is 11.5 Å². The standard InChI is InChI=1S/C17H28N2O2/c1-3-20-15-8-4-5-9-16(15)21-13-12-19(2)17(14-18)10-6-7-11-17/h4-5,8-9H,3,6-7,10-14,18H2,1-2H3. The van der Waals surface area contributed by atoms with Gasteiger partial charge in [0.05, 0.1) is 6.61 Å². The molecule has 1 aliphatic rings. The molecule has 118 valence electrons. The van der Waals surface area contributed by atoms with Crippen molar-refractivity contribution in [2.24, 2.45) is 5.73 Å². The van der Waals surface area contributed by atoms with Crippen molar-refractivity contribution in [2.75, 3.05) is 33.4 Å². The van der Waals surface area contributed by atoms with E-state index in [4.69, 9.17) is 15.2 Å². The van der Waals surface area contributed by atoms with Crippen LogP contribution in [0.3, 0.4) is 0 Å². The van der Waals surface area contributed by atoms with E-state index in [1.807, 2.05) is 31.2 Å². The third-order valence-corrected chi connectivity index (χ3v) is 4.56. The number of nitrogens with zero attached hydrogens (tertiary/aromatic N) is 1. The molecule has 0 saturated heterocycles.